The van der Waals surface area contributed by atoms with E-state index >= 15 is 0 Å². The third-order valence-corrected chi connectivity index (χ3v) is 6.21. The van der Waals surface area contributed by atoms with Crippen LogP contribution in [0, 0.1) is 6.92 Å². The Bertz CT molecular complexity index is 838. The Labute approximate surface area is 149 Å². The van der Waals surface area contributed by atoms with Crippen LogP contribution in [0.2, 0.25) is 0 Å². The van der Waals surface area contributed by atoms with Gasteiger partial charge in [-0.1, -0.05) is 29.8 Å². The van der Waals surface area contributed by atoms with E-state index in [2.05, 4.69) is 45.3 Å². The van der Waals surface area contributed by atoms with Crippen molar-refractivity contribution in [2.24, 2.45) is 0 Å². The number of nitrogens with zero attached hydrogens (tertiary/aromatic N) is 3. The van der Waals surface area contributed by atoms with Crippen LogP contribution in [0.5, 0.6) is 0 Å². The molecule has 0 bridgehead atoms. The normalized spacial score (nSPS) is 18.9. The first-order valence-electron chi connectivity index (χ1n) is 8.56. The van der Waals surface area contributed by atoms with Crippen molar-refractivity contribution in [1.29, 1.82) is 0 Å². The third kappa shape index (κ3) is 4.48. The molecule has 0 aliphatic carbocycles. The third-order valence-electron chi connectivity index (χ3n) is 4.46. The monoisotopic (exact) mass is 360 g/mol. The van der Waals surface area contributed by atoms with Gasteiger partial charge < -0.3 is 10.2 Å². The molecule has 2 aromatic rings. The minimum absolute atomic E-state index is 0.00507. The summed E-state index contributed by atoms with van der Waals surface area (Å²) in [5.74, 6) is 1.79. The molecule has 2 heterocycles. The average molecular weight is 360 g/mol. The molecular weight excluding hydrogens is 336 g/mol. The van der Waals surface area contributed by atoms with Gasteiger partial charge in [-0.3, -0.25) is 0 Å². The Morgan fingerprint density at radius 3 is 2.84 bits per heavy atom. The summed E-state index contributed by atoms with van der Waals surface area (Å²) in [6.45, 7) is 5.45. The summed E-state index contributed by atoms with van der Waals surface area (Å²) < 4.78 is 23.5. The largest absolute Gasteiger partial charge is 0.353 e. The van der Waals surface area contributed by atoms with Crippen molar-refractivity contribution in [2.45, 2.75) is 32.9 Å². The second kappa shape index (κ2) is 7.39. The van der Waals surface area contributed by atoms with Crippen LogP contribution in [0.1, 0.15) is 24.5 Å². The number of nitrogens with one attached hydrogen (secondary N) is 1. The number of rotatable bonds is 6. The number of benzene rings is 1. The van der Waals surface area contributed by atoms with Crippen molar-refractivity contribution in [3.63, 3.8) is 0 Å². The van der Waals surface area contributed by atoms with E-state index in [0.717, 1.165) is 5.82 Å². The van der Waals surface area contributed by atoms with Crippen molar-refractivity contribution in [3.05, 3.63) is 47.7 Å². The van der Waals surface area contributed by atoms with Gasteiger partial charge in [-0.15, -0.1) is 0 Å². The van der Waals surface area contributed by atoms with E-state index in [-0.39, 0.29) is 17.5 Å². The fourth-order valence-corrected chi connectivity index (χ4v) is 4.96. The molecular formula is C18H24N4O2S. The molecule has 1 unspecified atom stereocenters. The molecule has 1 saturated heterocycles. The topological polar surface area (TPSA) is 75.2 Å². The van der Waals surface area contributed by atoms with Crippen LogP contribution in [0.15, 0.2) is 36.5 Å². The van der Waals surface area contributed by atoms with E-state index in [1.807, 2.05) is 19.1 Å². The Morgan fingerprint density at radius 1 is 1.32 bits per heavy atom. The highest BCUT2D eigenvalue weighted by atomic mass is 32.2. The van der Waals surface area contributed by atoms with E-state index in [1.165, 1.54) is 11.1 Å². The molecule has 1 atom stereocenters. The predicted octanol–water partition coefficient (Wildman–Crippen LogP) is 2.41. The Morgan fingerprint density at radius 2 is 2.16 bits per heavy atom. The first kappa shape index (κ1) is 17.7. The lowest BCUT2D eigenvalue weighted by atomic mass is 10.1. The highest BCUT2D eigenvalue weighted by molar-refractivity contribution is 7.91. The smallest absolute Gasteiger partial charge is 0.224 e. The summed E-state index contributed by atoms with van der Waals surface area (Å²) in [4.78, 5) is 10.9. The summed E-state index contributed by atoms with van der Waals surface area (Å²) in [6.07, 6.45) is 2.37. The second-order valence-electron chi connectivity index (χ2n) is 6.42. The molecule has 3 rings (SSSR count). The fraction of sp³-hybridized carbons (Fsp3) is 0.444. The van der Waals surface area contributed by atoms with Crippen molar-refractivity contribution in [3.8, 4) is 0 Å². The summed E-state index contributed by atoms with van der Waals surface area (Å²) in [7, 11) is -2.92. The van der Waals surface area contributed by atoms with Crippen LogP contribution in [-0.4, -0.2) is 42.5 Å². The van der Waals surface area contributed by atoms with Gasteiger partial charge in [0.1, 0.15) is 5.82 Å². The van der Waals surface area contributed by atoms with Gasteiger partial charge in [-0.2, -0.15) is 4.98 Å². The molecule has 1 aromatic heterocycles. The number of aryl methyl sites for hydroxylation is 1. The molecule has 25 heavy (non-hydrogen) atoms. The molecule has 6 nitrogen and oxygen atoms in total. The van der Waals surface area contributed by atoms with Crippen molar-refractivity contribution in [1.82, 2.24) is 9.97 Å². The summed E-state index contributed by atoms with van der Waals surface area (Å²) >= 11 is 0. The minimum Gasteiger partial charge on any atom is -0.353 e. The quantitative estimate of drug-likeness (QED) is 0.853. The van der Waals surface area contributed by atoms with Gasteiger partial charge in [0, 0.05) is 25.3 Å². The van der Waals surface area contributed by atoms with E-state index in [0.29, 0.717) is 25.5 Å². The maximum absolute atomic E-state index is 11.8. The standard InChI is InChI=1S/C18H24N4O2S/c1-3-22(16-8-10-25(23,24)13-16)17-7-9-19-18(21-17)20-12-15-6-4-5-14(2)11-15/h4-7,9,11,16H,3,8,10,12-13H2,1-2H3,(H,19,20,21). The Kier molecular flexibility index (Phi) is 5.22. The van der Waals surface area contributed by atoms with Gasteiger partial charge in [0.2, 0.25) is 5.95 Å². The summed E-state index contributed by atoms with van der Waals surface area (Å²) in [5.41, 5.74) is 2.39. The fourth-order valence-electron chi connectivity index (χ4n) is 3.23. The summed E-state index contributed by atoms with van der Waals surface area (Å²) in [5, 5.41) is 3.25. The molecule has 0 radical (unpaired) electrons. The first-order chi connectivity index (χ1) is 12.0. The van der Waals surface area contributed by atoms with Crippen LogP contribution in [0.4, 0.5) is 11.8 Å². The Hall–Kier alpha value is -2.15. The van der Waals surface area contributed by atoms with Gasteiger partial charge in [0.15, 0.2) is 9.84 Å². The number of sulfone groups is 1. The zero-order valence-corrected chi connectivity index (χ0v) is 15.5. The van der Waals surface area contributed by atoms with Crippen molar-refractivity contribution >= 4 is 21.6 Å². The number of hydrogen-bond acceptors (Lipinski definition) is 6. The lowest BCUT2D eigenvalue weighted by Gasteiger charge is -2.28. The van der Waals surface area contributed by atoms with Crippen LogP contribution in [-0.2, 0) is 16.4 Å². The predicted molar refractivity (Wildman–Crippen MR) is 101 cm³/mol. The molecule has 1 aliphatic heterocycles. The van der Waals surface area contributed by atoms with Crippen LogP contribution in [0.3, 0.4) is 0 Å². The van der Waals surface area contributed by atoms with Crippen LogP contribution < -0.4 is 10.2 Å². The lowest BCUT2D eigenvalue weighted by molar-refractivity contribution is 0.599. The second-order valence-corrected chi connectivity index (χ2v) is 8.65. The van der Waals surface area contributed by atoms with Crippen molar-refractivity contribution < 1.29 is 8.42 Å². The molecule has 1 N–H and O–H groups in total. The van der Waals surface area contributed by atoms with Crippen LogP contribution in [0.25, 0.3) is 0 Å². The van der Waals surface area contributed by atoms with Gasteiger partial charge in [-0.25, -0.2) is 13.4 Å². The molecule has 1 fully saturated rings. The SMILES string of the molecule is CCN(c1ccnc(NCc2cccc(C)c2)n1)C1CCS(=O)(=O)C1. The molecule has 1 aromatic carbocycles. The maximum Gasteiger partial charge on any atom is 0.224 e. The van der Waals surface area contributed by atoms with Gasteiger partial charge in [0.25, 0.3) is 0 Å². The molecule has 0 spiro atoms. The molecule has 0 amide bonds. The highest BCUT2D eigenvalue weighted by Crippen LogP contribution is 2.23. The van der Waals surface area contributed by atoms with Gasteiger partial charge >= 0.3 is 0 Å². The zero-order chi connectivity index (χ0) is 17.9. The van der Waals surface area contributed by atoms with Gasteiger partial charge in [-0.05, 0) is 31.9 Å². The number of aromatic nitrogens is 2. The van der Waals surface area contributed by atoms with E-state index in [9.17, 15) is 8.42 Å². The molecule has 7 heteroatoms. The average Bonchev–Trinajstić information content (AvgIpc) is 2.94. The maximum atomic E-state index is 11.8. The number of anilines is 2. The van der Waals surface area contributed by atoms with Crippen LogP contribution >= 0.6 is 0 Å². The molecule has 134 valence electrons. The number of hydrogen-bond donors (Lipinski definition) is 1. The van der Waals surface area contributed by atoms with Crippen molar-refractivity contribution in [2.75, 3.05) is 28.3 Å². The molecule has 1 aliphatic rings. The van der Waals surface area contributed by atoms with E-state index in [1.54, 1.807) is 6.20 Å². The first-order valence-corrected chi connectivity index (χ1v) is 10.4. The molecule has 0 saturated carbocycles. The summed E-state index contributed by atoms with van der Waals surface area (Å²) in [6, 6.07) is 10.1. The van der Waals surface area contributed by atoms with E-state index < -0.39 is 9.84 Å². The van der Waals surface area contributed by atoms with E-state index in [4.69, 9.17) is 0 Å². The lowest BCUT2D eigenvalue weighted by Crippen LogP contribution is -2.36. The minimum atomic E-state index is -2.92. The van der Waals surface area contributed by atoms with Gasteiger partial charge in [0.05, 0.1) is 11.5 Å². The Balaban J connectivity index is 1.71. The highest BCUT2D eigenvalue weighted by Gasteiger charge is 2.32. The zero-order valence-electron chi connectivity index (χ0n) is 14.6.